The lowest BCUT2D eigenvalue weighted by Crippen LogP contribution is -2.30. The Morgan fingerprint density at radius 3 is 2.62 bits per heavy atom. The molecule has 3 rings (SSSR count). The van der Waals surface area contributed by atoms with Crippen molar-refractivity contribution < 1.29 is 27.5 Å². The van der Waals surface area contributed by atoms with Gasteiger partial charge in [-0.2, -0.15) is 0 Å². The fourth-order valence-corrected chi connectivity index (χ4v) is 2.52. The maximum atomic E-state index is 13.7. The second-order valence-corrected chi connectivity index (χ2v) is 6.14. The lowest BCUT2D eigenvalue weighted by atomic mass is 10.1. The smallest absolute Gasteiger partial charge is 0.341 e. The predicted octanol–water partition coefficient (Wildman–Crippen LogP) is 4.35. The number of halogens is 2. The summed E-state index contributed by atoms with van der Waals surface area (Å²) in [4.78, 5) is 24.7. The SMILES string of the molecule is C[C@@H](OC(=O)c1ccccc1NCc1ccco1)C(=O)Nc1cc(F)ccc1F. The Morgan fingerprint density at radius 1 is 1.07 bits per heavy atom. The van der Waals surface area contributed by atoms with Gasteiger partial charge in [-0.1, -0.05) is 12.1 Å². The quantitative estimate of drug-likeness (QED) is 0.576. The highest BCUT2D eigenvalue weighted by Crippen LogP contribution is 2.19. The number of esters is 1. The monoisotopic (exact) mass is 400 g/mol. The first-order valence-electron chi connectivity index (χ1n) is 8.76. The van der Waals surface area contributed by atoms with Gasteiger partial charge < -0.3 is 19.8 Å². The molecule has 0 spiro atoms. The van der Waals surface area contributed by atoms with Crippen molar-refractivity contribution in [2.45, 2.75) is 19.6 Å². The van der Waals surface area contributed by atoms with Crippen molar-refractivity contribution >= 4 is 23.3 Å². The highest BCUT2D eigenvalue weighted by Gasteiger charge is 2.22. The molecule has 0 bridgehead atoms. The standard InChI is InChI=1S/C21H18F2N2O4/c1-13(20(26)25-19-11-14(22)8-9-17(19)23)29-21(27)16-6-2-3-7-18(16)24-12-15-5-4-10-28-15/h2-11,13,24H,12H2,1H3,(H,25,26)/t13-/m1/s1. The van der Waals surface area contributed by atoms with Gasteiger partial charge in [-0.3, -0.25) is 4.79 Å². The third-order valence-corrected chi connectivity index (χ3v) is 4.02. The van der Waals surface area contributed by atoms with E-state index in [2.05, 4.69) is 10.6 Å². The Labute approximate surface area is 165 Å². The van der Waals surface area contributed by atoms with Crippen LogP contribution in [0.3, 0.4) is 0 Å². The van der Waals surface area contributed by atoms with Crippen molar-refractivity contribution in [3.05, 3.63) is 83.8 Å². The van der Waals surface area contributed by atoms with Crippen LogP contribution in [-0.2, 0) is 16.1 Å². The Bertz CT molecular complexity index is 1010. The summed E-state index contributed by atoms with van der Waals surface area (Å²) in [6, 6.07) is 12.8. The van der Waals surface area contributed by atoms with Crippen molar-refractivity contribution in [2.75, 3.05) is 10.6 Å². The minimum absolute atomic E-state index is 0.218. The van der Waals surface area contributed by atoms with E-state index in [0.717, 1.165) is 18.2 Å². The molecular weight excluding hydrogens is 382 g/mol. The summed E-state index contributed by atoms with van der Waals surface area (Å²) in [6.07, 6.45) is 0.308. The Morgan fingerprint density at radius 2 is 1.86 bits per heavy atom. The van der Waals surface area contributed by atoms with Crippen molar-refractivity contribution in [3.8, 4) is 0 Å². The Balaban J connectivity index is 1.64. The number of benzene rings is 2. The van der Waals surface area contributed by atoms with E-state index in [1.807, 2.05) is 0 Å². The molecule has 1 heterocycles. The van der Waals surface area contributed by atoms with E-state index in [1.165, 1.54) is 6.92 Å². The van der Waals surface area contributed by atoms with Crippen LogP contribution in [0.5, 0.6) is 0 Å². The highest BCUT2D eigenvalue weighted by atomic mass is 19.1. The molecule has 1 amide bonds. The van der Waals surface area contributed by atoms with Crippen LogP contribution in [-0.4, -0.2) is 18.0 Å². The van der Waals surface area contributed by atoms with E-state index >= 15 is 0 Å². The van der Waals surface area contributed by atoms with Gasteiger partial charge in [0.2, 0.25) is 0 Å². The summed E-state index contributed by atoms with van der Waals surface area (Å²) in [5.74, 6) is -2.36. The number of ether oxygens (including phenoxy) is 1. The number of anilines is 2. The summed E-state index contributed by atoms with van der Waals surface area (Å²) in [5.41, 5.74) is 0.381. The molecular formula is C21H18F2N2O4. The largest absolute Gasteiger partial charge is 0.467 e. The maximum absolute atomic E-state index is 13.7. The van der Waals surface area contributed by atoms with Crippen molar-refractivity contribution in [1.29, 1.82) is 0 Å². The minimum Gasteiger partial charge on any atom is -0.467 e. The normalized spacial score (nSPS) is 11.6. The molecule has 2 aromatic carbocycles. The lowest BCUT2D eigenvalue weighted by molar-refractivity contribution is -0.123. The summed E-state index contributed by atoms with van der Waals surface area (Å²) < 4.78 is 37.3. The topological polar surface area (TPSA) is 80.6 Å². The van der Waals surface area contributed by atoms with Gasteiger partial charge in [0.15, 0.2) is 6.10 Å². The van der Waals surface area contributed by atoms with Crippen LogP contribution < -0.4 is 10.6 Å². The van der Waals surface area contributed by atoms with Crippen LogP contribution in [0.15, 0.2) is 65.3 Å². The number of rotatable bonds is 7. The molecule has 2 N–H and O–H groups in total. The van der Waals surface area contributed by atoms with Gasteiger partial charge in [-0.05, 0) is 43.3 Å². The van der Waals surface area contributed by atoms with E-state index in [9.17, 15) is 18.4 Å². The molecule has 0 radical (unpaired) electrons. The van der Waals surface area contributed by atoms with Gasteiger partial charge in [0.1, 0.15) is 17.4 Å². The second kappa shape index (κ2) is 9.01. The zero-order valence-corrected chi connectivity index (χ0v) is 15.4. The van der Waals surface area contributed by atoms with E-state index in [4.69, 9.17) is 9.15 Å². The Kier molecular flexibility index (Phi) is 6.23. The zero-order valence-electron chi connectivity index (χ0n) is 15.4. The highest BCUT2D eigenvalue weighted by molar-refractivity contribution is 5.99. The van der Waals surface area contributed by atoms with Crippen molar-refractivity contribution in [2.24, 2.45) is 0 Å². The molecule has 150 valence electrons. The molecule has 0 saturated carbocycles. The Hall–Kier alpha value is -3.68. The average molecular weight is 400 g/mol. The number of hydrogen-bond donors (Lipinski definition) is 2. The summed E-state index contributed by atoms with van der Waals surface area (Å²) >= 11 is 0. The fourth-order valence-electron chi connectivity index (χ4n) is 2.52. The van der Waals surface area contributed by atoms with Gasteiger partial charge in [0.05, 0.1) is 24.1 Å². The van der Waals surface area contributed by atoms with Crippen LogP contribution in [0.4, 0.5) is 20.2 Å². The molecule has 29 heavy (non-hydrogen) atoms. The first kappa shape index (κ1) is 20.1. The van der Waals surface area contributed by atoms with E-state index in [0.29, 0.717) is 18.0 Å². The van der Waals surface area contributed by atoms with Gasteiger partial charge >= 0.3 is 5.97 Å². The number of furan rings is 1. The number of amides is 1. The van der Waals surface area contributed by atoms with Crippen LogP contribution in [0.1, 0.15) is 23.0 Å². The molecule has 1 aromatic heterocycles. The number of carbonyl (C=O) groups is 2. The summed E-state index contributed by atoms with van der Waals surface area (Å²) in [5, 5.41) is 5.27. The van der Waals surface area contributed by atoms with Crippen LogP contribution in [0.2, 0.25) is 0 Å². The second-order valence-electron chi connectivity index (χ2n) is 6.14. The molecule has 6 nitrogen and oxygen atoms in total. The molecule has 0 aliphatic heterocycles. The third-order valence-electron chi connectivity index (χ3n) is 4.02. The molecule has 0 unspecified atom stereocenters. The van der Waals surface area contributed by atoms with Crippen LogP contribution in [0.25, 0.3) is 0 Å². The van der Waals surface area contributed by atoms with Gasteiger partial charge in [-0.15, -0.1) is 0 Å². The first-order chi connectivity index (χ1) is 13.9. The summed E-state index contributed by atoms with van der Waals surface area (Å²) in [7, 11) is 0. The number of para-hydroxylation sites is 1. The van der Waals surface area contributed by atoms with Crippen LogP contribution in [0, 0.1) is 11.6 Å². The predicted molar refractivity (Wildman–Crippen MR) is 102 cm³/mol. The fraction of sp³-hybridized carbons (Fsp3) is 0.143. The maximum Gasteiger partial charge on any atom is 0.341 e. The summed E-state index contributed by atoms with van der Waals surface area (Å²) in [6.45, 7) is 1.69. The van der Waals surface area contributed by atoms with Gasteiger partial charge in [0.25, 0.3) is 5.91 Å². The van der Waals surface area contributed by atoms with E-state index in [-0.39, 0.29) is 11.3 Å². The first-order valence-corrected chi connectivity index (χ1v) is 8.76. The van der Waals surface area contributed by atoms with Crippen molar-refractivity contribution in [3.63, 3.8) is 0 Å². The minimum atomic E-state index is -1.23. The zero-order chi connectivity index (χ0) is 20.8. The van der Waals surface area contributed by atoms with E-state index < -0.39 is 29.6 Å². The molecule has 0 aliphatic rings. The lowest BCUT2D eigenvalue weighted by Gasteiger charge is -2.16. The van der Waals surface area contributed by atoms with Crippen molar-refractivity contribution in [1.82, 2.24) is 0 Å². The van der Waals surface area contributed by atoms with Gasteiger partial charge in [-0.25, -0.2) is 13.6 Å². The molecule has 1 atom stereocenters. The third kappa shape index (κ3) is 5.19. The molecule has 8 heteroatoms. The van der Waals surface area contributed by atoms with Crippen LogP contribution >= 0.6 is 0 Å². The number of nitrogens with one attached hydrogen (secondary N) is 2. The molecule has 3 aromatic rings. The molecule has 0 fully saturated rings. The molecule has 0 aliphatic carbocycles. The van der Waals surface area contributed by atoms with Gasteiger partial charge in [0, 0.05) is 11.8 Å². The molecule has 0 saturated heterocycles. The van der Waals surface area contributed by atoms with E-state index in [1.54, 1.807) is 42.7 Å². The average Bonchev–Trinajstić information content (AvgIpc) is 3.23. The number of carbonyl (C=O) groups excluding carboxylic acids is 2. The number of hydrogen-bond acceptors (Lipinski definition) is 5.